The molecule has 1 unspecified atom stereocenters. The molecule has 3 aliphatic rings. The molecule has 1 aromatic carbocycles. The minimum atomic E-state index is -2.19. The first-order valence-corrected chi connectivity index (χ1v) is 12.2. The third kappa shape index (κ3) is 7.65. The van der Waals surface area contributed by atoms with Crippen LogP contribution in [-0.4, -0.2) is 101 Å². The van der Waals surface area contributed by atoms with Crippen LogP contribution in [0.25, 0.3) is 0 Å². The largest absolute Gasteiger partial charge is 0.521 e. The fraction of sp³-hybridized carbons (Fsp3) is 0.700. The average molecular weight is 438 g/mol. The van der Waals surface area contributed by atoms with Crippen molar-refractivity contribution in [2.75, 3.05) is 71.7 Å². The Morgan fingerprint density at radius 2 is 1.37 bits per heavy atom. The van der Waals surface area contributed by atoms with Gasteiger partial charge in [0.2, 0.25) is 6.29 Å². The first-order chi connectivity index (χ1) is 14.5. The van der Waals surface area contributed by atoms with E-state index in [0.717, 1.165) is 90.4 Å². The summed E-state index contributed by atoms with van der Waals surface area (Å²) in [5, 5.41) is 10.9. The van der Waals surface area contributed by atoms with E-state index in [9.17, 15) is 19.6 Å². The Bertz CT molecular complexity index is 697. The molecule has 1 aromatic rings. The molecule has 0 aromatic heterocycles. The van der Waals surface area contributed by atoms with Crippen LogP contribution in [-0.2, 0) is 11.1 Å². The summed E-state index contributed by atoms with van der Waals surface area (Å²) in [4.78, 5) is 29.5. The Balaban J connectivity index is 1.64. The Morgan fingerprint density at radius 1 is 0.833 bits per heavy atom. The summed E-state index contributed by atoms with van der Waals surface area (Å²) in [6, 6.07) is 6.76. The van der Waals surface area contributed by atoms with Crippen LogP contribution in [0.3, 0.4) is 0 Å². The number of benzene rings is 1. The zero-order valence-corrected chi connectivity index (χ0v) is 18.5. The molecule has 3 aliphatic heterocycles. The van der Waals surface area contributed by atoms with Gasteiger partial charge < -0.3 is 9.80 Å². The molecule has 3 heterocycles. The summed E-state index contributed by atoms with van der Waals surface area (Å²) in [7, 11) is -2.19. The van der Waals surface area contributed by atoms with Crippen molar-refractivity contribution in [1.29, 1.82) is 0 Å². The molecule has 1 atom stereocenters. The molecule has 30 heavy (non-hydrogen) atoms. The van der Waals surface area contributed by atoms with Gasteiger partial charge in [0.05, 0.1) is 4.92 Å². The molecule has 3 saturated heterocycles. The molecule has 2 bridgehead atoms. The van der Waals surface area contributed by atoms with Gasteiger partial charge in [0.1, 0.15) is 0 Å². The fourth-order valence-corrected chi connectivity index (χ4v) is 4.86. The lowest BCUT2D eigenvalue weighted by atomic mass is 10.2. The van der Waals surface area contributed by atoms with Crippen molar-refractivity contribution >= 4 is 13.7 Å². The Labute approximate surface area is 179 Å². The van der Waals surface area contributed by atoms with Crippen molar-refractivity contribution in [3.8, 4) is 0 Å². The highest BCUT2D eigenvalue weighted by Gasteiger charge is 2.22. The minimum Gasteiger partial charge on any atom is -0.301 e. The van der Waals surface area contributed by atoms with E-state index >= 15 is 0 Å². The minimum absolute atomic E-state index is 0.108. The van der Waals surface area contributed by atoms with Crippen LogP contribution in [0.5, 0.6) is 0 Å². The smallest absolute Gasteiger partial charge is 0.301 e. The van der Waals surface area contributed by atoms with Crippen molar-refractivity contribution in [2.24, 2.45) is 0 Å². The second-order valence-corrected chi connectivity index (χ2v) is 9.19. The van der Waals surface area contributed by atoms with Gasteiger partial charge >= 0.3 is 8.03 Å². The van der Waals surface area contributed by atoms with Gasteiger partial charge in [-0.2, -0.15) is 4.89 Å². The predicted molar refractivity (Wildman–Crippen MR) is 117 cm³/mol. The maximum Gasteiger partial charge on any atom is 0.521 e. The molecular weight excluding hydrogens is 405 g/mol. The second-order valence-electron chi connectivity index (χ2n) is 8.20. The molecule has 0 saturated carbocycles. The van der Waals surface area contributed by atoms with E-state index in [0.29, 0.717) is 0 Å². The van der Waals surface area contributed by atoms with Crippen LogP contribution in [0.4, 0.5) is 5.69 Å². The summed E-state index contributed by atoms with van der Waals surface area (Å²) >= 11 is 0. The summed E-state index contributed by atoms with van der Waals surface area (Å²) in [6.07, 6.45) is 2.29. The molecule has 3 fully saturated rings. The first kappa shape index (κ1) is 23.2. The first-order valence-electron chi connectivity index (χ1n) is 10.8. The van der Waals surface area contributed by atoms with E-state index < -0.39 is 8.03 Å². The van der Waals surface area contributed by atoms with Crippen LogP contribution in [0.1, 0.15) is 18.4 Å². The number of nitro benzene ring substituents is 1. The van der Waals surface area contributed by atoms with E-state index in [1.165, 1.54) is 0 Å². The normalized spacial score (nSPS) is 25.6. The molecule has 9 nitrogen and oxygen atoms in total. The molecule has 1 N–H and O–H groups in total. The lowest BCUT2D eigenvalue weighted by Crippen LogP contribution is -2.48. The standard InChI is InChI=1S/C20H32N5O4P/c26-25(27)20-5-3-19(4-6-20)17-23-9-1-7-21-11-13-22(14-12-21)8-2-10-24(16-15-23)18-30(28)29/h3-6H,1-2,7-18H2/p+1. The van der Waals surface area contributed by atoms with Crippen LogP contribution in [0.15, 0.2) is 24.3 Å². The summed E-state index contributed by atoms with van der Waals surface area (Å²) < 4.78 is 11.5. The van der Waals surface area contributed by atoms with Gasteiger partial charge in [0, 0.05) is 64.5 Å². The molecule has 0 spiro atoms. The van der Waals surface area contributed by atoms with E-state index in [2.05, 4.69) is 19.6 Å². The maximum absolute atomic E-state index is 11.5. The number of rotatable bonds is 5. The Morgan fingerprint density at radius 3 is 1.90 bits per heavy atom. The van der Waals surface area contributed by atoms with Gasteiger partial charge in [0.25, 0.3) is 5.69 Å². The second kappa shape index (κ2) is 11.8. The number of nitrogens with zero attached hydrogens (tertiary/aromatic N) is 5. The quantitative estimate of drug-likeness (QED) is 0.423. The van der Waals surface area contributed by atoms with Gasteiger partial charge in [-0.3, -0.25) is 19.9 Å². The van der Waals surface area contributed by atoms with Crippen LogP contribution in [0.2, 0.25) is 0 Å². The van der Waals surface area contributed by atoms with Crippen LogP contribution >= 0.6 is 8.03 Å². The summed E-state index contributed by atoms with van der Waals surface area (Å²) in [6.45, 7) is 10.6. The summed E-state index contributed by atoms with van der Waals surface area (Å²) in [5.74, 6) is 0. The van der Waals surface area contributed by atoms with Crippen molar-refractivity contribution in [2.45, 2.75) is 19.4 Å². The Kier molecular flexibility index (Phi) is 9.11. The van der Waals surface area contributed by atoms with Gasteiger partial charge in [-0.1, -0.05) is 12.1 Å². The average Bonchev–Trinajstić information content (AvgIpc) is 2.72. The highest BCUT2D eigenvalue weighted by molar-refractivity contribution is 7.37. The van der Waals surface area contributed by atoms with E-state index in [4.69, 9.17) is 0 Å². The number of hydrogen-bond acceptors (Lipinski definition) is 7. The number of nitro groups is 1. The van der Waals surface area contributed by atoms with Gasteiger partial charge in [-0.15, -0.1) is 0 Å². The molecule has 0 radical (unpaired) electrons. The third-order valence-electron chi connectivity index (χ3n) is 5.97. The number of fused-ring (bicyclic) bond motifs is 11. The van der Waals surface area contributed by atoms with Gasteiger partial charge in [-0.05, 0) is 42.6 Å². The third-order valence-corrected chi connectivity index (χ3v) is 6.61. The van der Waals surface area contributed by atoms with Crippen molar-refractivity contribution < 1.29 is 14.4 Å². The molecule has 10 heteroatoms. The highest BCUT2D eigenvalue weighted by Crippen LogP contribution is 2.17. The van der Waals surface area contributed by atoms with Crippen molar-refractivity contribution in [3.05, 3.63) is 39.9 Å². The monoisotopic (exact) mass is 438 g/mol. The van der Waals surface area contributed by atoms with E-state index in [1.807, 2.05) is 12.1 Å². The van der Waals surface area contributed by atoms with Crippen LogP contribution < -0.4 is 0 Å². The van der Waals surface area contributed by atoms with E-state index in [1.54, 1.807) is 12.1 Å². The number of non-ortho nitro benzene ring substituents is 1. The van der Waals surface area contributed by atoms with Crippen LogP contribution in [0, 0.1) is 10.1 Å². The zero-order valence-electron chi connectivity index (χ0n) is 17.6. The molecular formula is C20H33N5O4P+. The SMILES string of the molecule is O=[N+]([O-])c1ccc(CN2CCCN3CCN(CCCN(C[P+](=O)O)CC2)CC3)cc1. The van der Waals surface area contributed by atoms with E-state index in [-0.39, 0.29) is 16.9 Å². The van der Waals surface area contributed by atoms with Gasteiger partial charge in [0.15, 0.2) is 0 Å². The number of hydrogen-bond donors (Lipinski definition) is 1. The highest BCUT2D eigenvalue weighted by atomic mass is 31.1. The van der Waals surface area contributed by atoms with Gasteiger partial charge in [-0.25, -0.2) is 0 Å². The molecule has 0 aliphatic carbocycles. The summed E-state index contributed by atoms with van der Waals surface area (Å²) in [5.41, 5.74) is 1.16. The fourth-order valence-electron chi connectivity index (χ4n) is 4.23. The lowest BCUT2D eigenvalue weighted by Gasteiger charge is -2.36. The van der Waals surface area contributed by atoms with Crippen molar-refractivity contribution in [3.63, 3.8) is 0 Å². The van der Waals surface area contributed by atoms with Crippen molar-refractivity contribution in [1.82, 2.24) is 19.6 Å². The maximum atomic E-state index is 11.5. The molecule has 166 valence electrons. The zero-order chi connectivity index (χ0) is 21.3. The number of piperazine rings is 1. The molecule has 0 amide bonds. The Hall–Kier alpha value is -1.48. The lowest BCUT2D eigenvalue weighted by molar-refractivity contribution is -0.384. The topological polar surface area (TPSA) is 93.4 Å². The molecule has 4 rings (SSSR count). The predicted octanol–water partition coefficient (Wildman–Crippen LogP) is 1.80.